The van der Waals surface area contributed by atoms with E-state index in [0.29, 0.717) is 41.6 Å². The van der Waals surface area contributed by atoms with Crippen LogP contribution in [0.15, 0.2) is 40.9 Å². The van der Waals surface area contributed by atoms with Gasteiger partial charge in [-0.1, -0.05) is 23.4 Å². The highest BCUT2D eigenvalue weighted by Crippen LogP contribution is 2.37. The second kappa shape index (κ2) is 9.84. The SMILES string of the molecule is COC(=O)CCN[C@@H]1CCc2c(-c3noc(-c4ccc(OC(C)C)c(C#N)c4)n3)cccc21. The number of hydrogen-bond donors (Lipinski definition) is 1. The van der Waals surface area contributed by atoms with Gasteiger partial charge in [-0.2, -0.15) is 10.2 Å². The van der Waals surface area contributed by atoms with E-state index in [1.807, 2.05) is 32.0 Å². The summed E-state index contributed by atoms with van der Waals surface area (Å²) in [6.07, 6.45) is 2.12. The van der Waals surface area contributed by atoms with E-state index in [1.165, 1.54) is 18.2 Å². The number of fused-ring (bicyclic) bond motifs is 1. The first-order valence-electron chi connectivity index (χ1n) is 11.0. The first kappa shape index (κ1) is 22.5. The predicted octanol–water partition coefficient (Wildman–Crippen LogP) is 4.20. The van der Waals surface area contributed by atoms with Gasteiger partial charge in [0.05, 0.1) is 25.2 Å². The molecule has 0 radical (unpaired) electrons. The molecule has 8 nitrogen and oxygen atoms in total. The molecule has 0 amide bonds. The van der Waals surface area contributed by atoms with Crippen molar-refractivity contribution in [1.82, 2.24) is 15.5 Å². The van der Waals surface area contributed by atoms with E-state index in [1.54, 1.807) is 12.1 Å². The van der Waals surface area contributed by atoms with Crippen LogP contribution in [0.2, 0.25) is 0 Å². The summed E-state index contributed by atoms with van der Waals surface area (Å²) in [6.45, 7) is 4.39. The minimum atomic E-state index is -0.225. The molecule has 1 aromatic heterocycles. The van der Waals surface area contributed by atoms with Crippen LogP contribution in [-0.4, -0.2) is 35.9 Å². The fourth-order valence-electron chi connectivity index (χ4n) is 4.08. The van der Waals surface area contributed by atoms with Crippen LogP contribution < -0.4 is 10.1 Å². The maximum Gasteiger partial charge on any atom is 0.306 e. The Morgan fingerprint density at radius 1 is 1.33 bits per heavy atom. The lowest BCUT2D eigenvalue weighted by atomic mass is 10.0. The van der Waals surface area contributed by atoms with Crippen LogP contribution in [0.4, 0.5) is 0 Å². The molecule has 3 aromatic rings. The average Bonchev–Trinajstić information content (AvgIpc) is 3.46. The standard InChI is InChI=1S/C25H26N4O4/c1-15(2)32-22-10-7-16(13-17(22)14-26)25-28-24(29-33-25)20-6-4-5-19-18(20)8-9-21(19)27-12-11-23(30)31-3/h4-7,10,13,15,21,27H,8-9,11-12H2,1-3H3/t21-/m1/s1. The van der Waals surface area contributed by atoms with Crippen LogP contribution in [0, 0.1) is 11.3 Å². The van der Waals surface area contributed by atoms with E-state index in [2.05, 4.69) is 27.6 Å². The number of aromatic nitrogens is 2. The fraction of sp³-hybridized carbons (Fsp3) is 0.360. The molecule has 0 unspecified atom stereocenters. The molecule has 0 saturated carbocycles. The summed E-state index contributed by atoms with van der Waals surface area (Å²) in [6, 6.07) is 13.7. The van der Waals surface area contributed by atoms with Gasteiger partial charge in [-0.15, -0.1) is 0 Å². The summed E-state index contributed by atoms with van der Waals surface area (Å²) in [4.78, 5) is 16.0. The molecular weight excluding hydrogens is 420 g/mol. The van der Waals surface area contributed by atoms with Gasteiger partial charge in [-0.05, 0) is 56.0 Å². The Hall–Kier alpha value is -3.70. The Labute approximate surface area is 192 Å². The highest BCUT2D eigenvalue weighted by molar-refractivity contribution is 5.69. The quantitative estimate of drug-likeness (QED) is 0.513. The van der Waals surface area contributed by atoms with E-state index in [4.69, 9.17) is 14.0 Å². The number of ether oxygens (including phenoxy) is 2. The molecule has 1 aliphatic carbocycles. The molecule has 4 rings (SSSR count). The predicted molar refractivity (Wildman–Crippen MR) is 121 cm³/mol. The van der Waals surface area contributed by atoms with Crippen LogP contribution >= 0.6 is 0 Å². The molecule has 0 bridgehead atoms. The minimum absolute atomic E-state index is 0.0306. The zero-order chi connectivity index (χ0) is 23.4. The summed E-state index contributed by atoms with van der Waals surface area (Å²) in [5.74, 6) is 1.17. The molecule has 170 valence electrons. The Morgan fingerprint density at radius 2 is 2.18 bits per heavy atom. The Bertz CT molecular complexity index is 1200. The lowest BCUT2D eigenvalue weighted by Crippen LogP contribution is -2.22. The molecule has 1 heterocycles. The Morgan fingerprint density at radius 3 is 2.94 bits per heavy atom. The van der Waals surface area contributed by atoms with Crippen molar-refractivity contribution in [2.75, 3.05) is 13.7 Å². The lowest BCUT2D eigenvalue weighted by molar-refractivity contribution is -0.140. The average molecular weight is 447 g/mol. The van der Waals surface area contributed by atoms with Gasteiger partial charge in [0.15, 0.2) is 0 Å². The second-order valence-corrected chi connectivity index (χ2v) is 8.16. The number of nitriles is 1. The molecule has 0 spiro atoms. The zero-order valence-corrected chi connectivity index (χ0v) is 18.9. The first-order chi connectivity index (χ1) is 16.0. The number of methoxy groups -OCH3 is 1. The van der Waals surface area contributed by atoms with E-state index in [9.17, 15) is 10.1 Å². The second-order valence-electron chi connectivity index (χ2n) is 8.16. The van der Waals surface area contributed by atoms with E-state index in [0.717, 1.165) is 18.4 Å². The molecule has 0 fully saturated rings. The smallest absolute Gasteiger partial charge is 0.306 e. The van der Waals surface area contributed by atoms with Crippen LogP contribution in [0.5, 0.6) is 5.75 Å². The molecule has 33 heavy (non-hydrogen) atoms. The maximum absolute atomic E-state index is 11.4. The first-order valence-corrected chi connectivity index (χ1v) is 11.0. The van der Waals surface area contributed by atoms with Crippen molar-refractivity contribution in [3.8, 4) is 34.7 Å². The van der Waals surface area contributed by atoms with Crippen LogP contribution in [-0.2, 0) is 16.0 Å². The largest absolute Gasteiger partial charge is 0.490 e. The normalized spacial score (nSPS) is 14.7. The molecular formula is C25H26N4O4. The number of rotatable bonds is 8. The van der Waals surface area contributed by atoms with Crippen molar-refractivity contribution < 1.29 is 18.8 Å². The fourth-order valence-corrected chi connectivity index (χ4v) is 4.08. The van der Waals surface area contributed by atoms with E-state index >= 15 is 0 Å². The minimum Gasteiger partial charge on any atom is -0.490 e. The number of nitrogens with zero attached hydrogens (tertiary/aromatic N) is 3. The van der Waals surface area contributed by atoms with E-state index < -0.39 is 0 Å². The molecule has 2 aromatic carbocycles. The van der Waals surface area contributed by atoms with Gasteiger partial charge in [-0.25, -0.2) is 0 Å². The summed E-state index contributed by atoms with van der Waals surface area (Å²) in [7, 11) is 1.40. The van der Waals surface area contributed by atoms with Crippen molar-refractivity contribution in [2.24, 2.45) is 0 Å². The highest BCUT2D eigenvalue weighted by atomic mass is 16.5. The number of carbonyl (C=O) groups is 1. The third kappa shape index (κ3) is 4.89. The molecule has 1 atom stereocenters. The van der Waals surface area contributed by atoms with Gasteiger partial charge < -0.3 is 19.3 Å². The molecule has 8 heteroatoms. The van der Waals surface area contributed by atoms with Gasteiger partial charge in [0, 0.05) is 23.7 Å². The van der Waals surface area contributed by atoms with Crippen LogP contribution in [0.3, 0.4) is 0 Å². The summed E-state index contributed by atoms with van der Waals surface area (Å²) >= 11 is 0. The number of nitrogens with one attached hydrogen (secondary N) is 1. The van der Waals surface area contributed by atoms with Gasteiger partial charge in [-0.3, -0.25) is 4.79 Å². The number of benzene rings is 2. The lowest BCUT2D eigenvalue weighted by Gasteiger charge is -2.14. The molecule has 1 aliphatic rings. The Balaban J connectivity index is 1.55. The van der Waals surface area contributed by atoms with Gasteiger partial charge in [0.1, 0.15) is 11.8 Å². The van der Waals surface area contributed by atoms with Crippen molar-refractivity contribution in [3.63, 3.8) is 0 Å². The number of carbonyl (C=O) groups excluding carboxylic acids is 1. The van der Waals surface area contributed by atoms with Gasteiger partial charge >= 0.3 is 5.97 Å². The van der Waals surface area contributed by atoms with Crippen molar-refractivity contribution >= 4 is 5.97 Å². The van der Waals surface area contributed by atoms with Gasteiger partial charge in [0.25, 0.3) is 5.89 Å². The third-order valence-electron chi connectivity index (χ3n) is 5.59. The molecule has 1 N–H and O–H groups in total. The van der Waals surface area contributed by atoms with Crippen LogP contribution in [0.1, 0.15) is 49.4 Å². The summed E-state index contributed by atoms with van der Waals surface area (Å²) in [5.41, 5.74) is 4.38. The van der Waals surface area contributed by atoms with Crippen LogP contribution in [0.25, 0.3) is 22.8 Å². The Kier molecular flexibility index (Phi) is 6.71. The number of esters is 1. The van der Waals surface area contributed by atoms with Crippen molar-refractivity contribution in [2.45, 2.75) is 45.3 Å². The van der Waals surface area contributed by atoms with Crippen molar-refractivity contribution in [1.29, 1.82) is 5.26 Å². The van der Waals surface area contributed by atoms with Crippen molar-refractivity contribution in [3.05, 3.63) is 53.1 Å². The maximum atomic E-state index is 11.4. The van der Waals surface area contributed by atoms with E-state index in [-0.39, 0.29) is 18.1 Å². The number of hydrogen-bond acceptors (Lipinski definition) is 8. The molecule has 0 aliphatic heterocycles. The highest BCUT2D eigenvalue weighted by Gasteiger charge is 2.26. The molecule has 0 saturated heterocycles. The summed E-state index contributed by atoms with van der Waals surface area (Å²) in [5, 5.41) is 17.1. The summed E-state index contributed by atoms with van der Waals surface area (Å²) < 4.78 is 15.9. The zero-order valence-electron chi connectivity index (χ0n) is 18.9. The topological polar surface area (TPSA) is 110 Å². The monoisotopic (exact) mass is 446 g/mol. The van der Waals surface area contributed by atoms with Gasteiger partial charge in [0.2, 0.25) is 5.82 Å². The third-order valence-corrected chi connectivity index (χ3v) is 5.59.